The first-order valence-corrected chi connectivity index (χ1v) is 14.3. The van der Waals surface area contributed by atoms with Crippen molar-refractivity contribution in [3.63, 3.8) is 0 Å². The van der Waals surface area contributed by atoms with E-state index in [0.29, 0.717) is 37.7 Å². The summed E-state index contributed by atoms with van der Waals surface area (Å²) in [6.45, 7) is 11.5. The summed E-state index contributed by atoms with van der Waals surface area (Å²) in [5.74, 6) is 1.98. The average molecular weight is 609 g/mol. The molecule has 4 unspecified atom stereocenters. The first-order chi connectivity index (χ1) is 18.0. The largest absolute Gasteiger partial charge is 0.493 e. The summed E-state index contributed by atoms with van der Waals surface area (Å²) in [7, 11) is 5.40. The molecule has 0 aliphatic carbocycles. The van der Waals surface area contributed by atoms with Gasteiger partial charge < -0.3 is 35.3 Å². The number of carbonyl (C=O) groups excluding carboxylic acids is 1. The van der Waals surface area contributed by atoms with Crippen molar-refractivity contribution in [1.29, 1.82) is 0 Å². The van der Waals surface area contributed by atoms with Crippen molar-refractivity contribution >= 4 is 30.7 Å². The van der Waals surface area contributed by atoms with Gasteiger partial charge in [-0.1, -0.05) is 33.8 Å². The Bertz CT molecular complexity index is 846. The van der Waals surface area contributed by atoms with E-state index >= 15 is 0 Å². The number of benzene rings is 1. The van der Waals surface area contributed by atoms with E-state index in [-0.39, 0.29) is 54.5 Å². The molecular formula is C30H55Cl2N3O5. The zero-order valence-electron chi connectivity index (χ0n) is 25.6. The number of methoxy groups -OCH3 is 2. The average Bonchev–Trinajstić information content (AvgIpc) is 3.28. The van der Waals surface area contributed by atoms with Gasteiger partial charge >= 0.3 is 0 Å². The van der Waals surface area contributed by atoms with Gasteiger partial charge in [0.25, 0.3) is 0 Å². The number of likely N-dealkylation sites (tertiary alicyclic amines) is 1. The predicted octanol–water partition coefficient (Wildman–Crippen LogP) is 4.33. The second kappa shape index (κ2) is 19.8. The van der Waals surface area contributed by atoms with Gasteiger partial charge in [0.1, 0.15) is 0 Å². The fraction of sp³-hybridized carbons (Fsp3) is 0.767. The molecule has 10 heteroatoms. The number of nitrogens with zero attached hydrogens (tertiary/aromatic N) is 1. The molecule has 1 aliphatic rings. The number of amides is 1. The third-order valence-electron chi connectivity index (χ3n) is 7.86. The molecule has 1 aromatic rings. The van der Waals surface area contributed by atoms with Crippen molar-refractivity contribution in [2.24, 2.45) is 29.4 Å². The summed E-state index contributed by atoms with van der Waals surface area (Å²) in [5, 5.41) is 14.3. The maximum absolute atomic E-state index is 13.1. The monoisotopic (exact) mass is 607 g/mol. The molecule has 0 saturated carbocycles. The second-order valence-corrected chi connectivity index (χ2v) is 11.7. The minimum absolute atomic E-state index is 0. The van der Waals surface area contributed by atoms with Gasteiger partial charge in [0.2, 0.25) is 5.91 Å². The van der Waals surface area contributed by atoms with Crippen LogP contribution >= 0.6 is 24.8 Å². The molecule has 1 aliphatic heterocycles. The van der Waals surface area contributed by atoms with Crippen LogP contribution in [0.1, 0.15) is 58.9 Å². The van der Waals surface area contributed by atoms with Gasteiger partial charge in [0.05, 0.1) is 19.8 Å². The number of carbonyl (C=O) groups is 1. The number of hydrogen-bond acceptors (Lipinski definition) is 7. The minimum Gasteiger partial charge on any atom is -0.493 e. The van der Waals surface area contributed by atoms with Crippen molar-refractivity contribution in [3.8, 4) is 11.5 Å². The number of hydrogen-bond donors (Lipinski definition) is 3. The number of nitrogens with one attached hydrogen (secondary N) is 1. The molecule has 4 N–H and O–H groups in total. The van der Waals surface area contributed by atoms with Gasteiger partial charge in [-0.2, -0.15) is 0 Å². The van der Waals surface area contributed by atoms with E-state index in [2.05, 4.69) is 37.2 Å². The van der Waals surface area contributed by atoms with Crippen molar-refractivity contribution in [2.45, 2.75) is 78.0 Å². The lowest BCUT2D eigenvalue weighted by atomic mass is 9.80. The molecular weight excluding hydrogens is 553 g/mol. The van der Waals surface area contributed by atoms with Crippen LogP contribution in [0, 0.1) is 23.7 Å². The van der Waals surface area contributed by atoms with Crippen LogP contribution in [-0.2, 0) is 16.0 Å². The number of aliphatic hydroxyl groups is 1. The lowest BCUT2D eigenvalue weighted by Crippen LogP contribution is -2.45. The van der Waals surface area contributed by atoms with E-state index in [1.165, 1.54) is 0 Å². The summed E-state index contributed by atoms with van der Waals surface area (Å²) >= 11 is 0. The number of rotatable bonds is 17. The number of halogens is 2. The van der Waals surface area contributed by atoms with E-state index in [4.69, 9.17) is 19.9 Å². The summed E-state index contributed by atoms with van der Waals surface area (Å²) < 4.78 is 16.6. The molecule has 234 valence electrons. The molecule has 1 amide bonds. The molecule has 5 atom stereocenters. The lowest BCUT2D eigenvalue weighted by molar-refractivity contribution is -0.128. The Kier molecular flexibility index (Phi) is 19.1. The highest BCUT2D eigenvalue weighted by atomic mass is 35.5. The Hall–Kier alpha value is -1.29. The Morgan fingerprint density at radius 1 is 1.10 bits per heavy atom. The van der Waals surface area contributed by atoms with Crippen molar-refractivity contribution < 1.29 is 24.1 Å². The normalized spacial score (nSPS) is 18.4. The molecule has 1 heterocycles. The van der Waals surface area contributed by atoms with Crippen LogP contribution in [-0.4, -0.2) is 81.7 Å². The summed E-state index contributed by atoms with van der Waals surface area (Å²) in [6.07, 6.45) is 2.90. The molecule has 2 rings (SSSR count). The zero-order chi connectivity index (χ0) is 28.2. The van der Waals surface area contributed by atoms with Gasteiger partial charge in [0.15, 0.2) is 11.5 Å². The molecule has 1 saturated heterocycles. The van der Waals surface area contributed by atoms with E-state index in [9.17, 15) is 9.90 Å². The van der Waals surface area contributed by atoms with Crippen LogP contribution in [0.2, 0.25) is 0 Å². The zero-order valence-corrected chi connectivity index (χ0v) is 27.2. The first-order valence-electron chi connectivity index (χ1n) is 14.3. The molecule has 1 aromatic carbocycles. The van der Waals surface area contributed by atoms with Crippen molar-refractivity contribution in [1.82, 2.24) is 10.2 Å². The van der Waals surface area contributed by atoms with Crippen LogP contribution in [0.15, 0.2) is 18.2 Å². The fourth-order valence-corrected chi connectivity index (χ4v) is 5.22. The van der Waals surface area contributed by atoms with Crippen LogP contribution in [0.5, 0.6) is 11.5 Å². The third-order valence-corrected chi connectivity index (χ3v) is 7.86. The Morgan fingerprint density at radius 2 is 1.80 bits per heavy atom. The van der Waals surface area contributed by atoms with Crippen LogP contribution in [0.25, 0.3) is 0 Å². The summed E-state index contributed by atoms with van der Waals surface area (Å²) in [6, 6.07) is 5.84. The number of aliphatic hydroxyl groups excluding tert-OH is 1. The molecule has 0 bridgehead atoms. The first kappa shape index (κ1) is 38.7. The van der Waals surface area contributed by atoms with E-state index in [1.54, 1.807) is 14.2 Å². The quantitative estimate of drug-likeness (QED) is 0.226. The standard InChI is InChI=1S/C30H53N3O5.2ClH/c1-20(2)23(15-22-9-10-28(37-7)29(16-22)38-14-8-13-36-6)17-26(31)27(34)18-25(21(3)4)30(35)32-24-11-12-33(5)19-24;;/h9-10,16,20-21,23-27,34H,8,11-15,17-19,31H2,1-7H3,(H,32,35);2*1H/t23?,24-,25?,26?,27?;;/m0../s1. The minimum atomic E-state index is -0.740. The molecule has 8 nitrogen and oxygen atoms in total. The fourth-order valence-electron chi connectivity index (χ4n) is 5.22. The highest BCUT2D eigenvalue weighted by Gasteiger charge is 2.31. The summed E-state index contributed by atoms with van der Waals surface area (Å²) in [4.78, 5) is 15.3. The summed E-state index contributed by atoms with van der Waals surface area (Å²) in [5.41, 5.74) is 7.71. The van der Waals surface area contributed by atoms with Crippen molar-refractivity contribution in [3.05, 3.63) is 23.8 Å². The number of nitrogens with two attached hydrogens (primary N) is 1. The van der Waals surface area contributed by atoms with Crippen LogP contribution in [0.3, 0.4) is 0 Å². The van der Waals surface area contributed by atoms with Crippen molar-refractivity contribution in [2.75, 3.05) is 47.6 Å². The molecule has 40 heavy (non-hydrogen) atoms. The van der Waals surface area contributed by atoms with Gasteiger partial charge in [-0.3, -0.25) is 4.79 Å². The predicted molar refractivity (Wildman–Crippen MR) is 167 cm³/mol. The molecule has 0 spiro atoms. The number of likely N-dealkylation sites (N-methyl/N-ethyl adjacent to an activating group) is 1. The topological polar surface area (TPSA) is 106 Å². The van der Waals surface area contributed by atoms with E-state index in [0.717, 1.165) is 43.7 Å². The van der Waals surface area contributed by atoms with Gasteiger partial charge in [-0.15, -0.1) is 24.8 Å². The smallest absolute Gasteiger partial charge is 0.223 e. The Balaban J connectivity index is 0.00000760. The third kappa shape index (κ3) is 12.7. The number of ether oxygens (including phenoxy) is 3. The second-order valence-electron chi connectivity index (χ2n) is 11.7. The van der Waals surface area contributed by atoms with Gasteiger partial charge in [0, 0.05) is 44.7 Å². The Morgan fingerprint density at radius 3 is 2.35 bits per heavy atom. The van der Waals surface area contributed by atoms with Gasteiger partial charge in [-0.05, 0) is 74.7 Å². The SMILES string of the molecule is COCCCOc1cc(CC(CC(N)C(O)CC(C(=O)N[C@H]2CCN(C)C2)C(C)C)C(C)C)ccc1OC.Cl.Cl. The highest BCUT2D eigenvalue weighted by Crippen LogP contribution is 2.32. The van der Waals surface area contributed by atoms with Crippen LogP contribution in [0.4, 0.5) is 0 Å². The molecule has 0 radical (unpaired) electrons. The highest BCUT2D eigenvalue weighted by molar-refractivity contribution is 5.85. The maximum atomic E-state index is 13.1. The molecule has 0 aromatic heterocycles. The Labute approximate surface area is 254 Å². The van der Waals surface area contributed by atoms with E-state index < -0.39 is 12.1 Å². The lowest BCUT2D eigenvalue weighted by Gasteiger charge is -2.30. The van der Waals surface area contributed by atoms with Crippen LogP contribution < -0.4 is 20.5 Å². The van der Waals surface area contributed by atoms with Gasteiger partial charge in [-0.25, -0.2) is 0 Å². The molecule has 1 fully saturated rings. The maximum Gasteiger partial charge on any atom is 0.223 e. The van der Waals surface area contributed by atoms with E-state index in [1.807, 2.05) is 26.0 Å².